The number of furan rings is 1. The van der Waals surface area contributed by atoms with E-state index in [0.29, 0.717) is 32.1 Å². The molecule has 0 radical (unpaired) electrons. The van der Waals surface area contributed by atoms with Gasteiger partial charge >= 0.3 is 12.2 Å². The minimum Gasteiger partial charge on any atom is -0.465 e. The number of halogens is 3. The highest BCUT2D eigenvalue weighted by Gasteiger charge is 2.29. The first-order valence-electron chi connectivity index (χ1n) is 7.32. The fourth-order valence-electron chi connectivity index (χ4n) is 2.36. The molecular formula is C14H20F3N3O3. The normalized spacial score (nSPS) is 17.7. The van der Waals surface area contributed by atoms with Gasteiger partial charge in [0.1, 0.15) is 18.1 Å². The summed E-state index contributed by atoms with van der Waals surface area (Å²) in [7, 11) is 0. The molecule has 1 unspecified atom stereocenters. The highest BCUT2D eigenvalue weighted by atomic mass is 19.4. The van der Waals surface area contributed by atoms with E-state index in [4.69, 9.17) is 9.15 Å². The molecule has 130 valence electrons. The van der Waals surface area contributed by atoms with Gasteiger partial charge in [0.15, 0.2) is 0 Å². The zero-order chi connectivity index (χ0) is 16.9. The number of ether oxygens (including phenoxy) is 1. The Morgan fingerprint density at radius 1 is 1.30 bits per heavy atom. The van der Waals surface area contributed by atoms with Crippen LogP contribution in [0.15, 0.2) is 16.5 Å². The van der Waals surface area contributed by atoms with E-state index in [1.807, 2.05) is 19.1 Å². The fraction of sp³-hybridized carbons (Fsp3) is 0.643. The van der Waals surface area contributed by atoms with Crippen LogP contribution in [0.3, 0.4) is 0 Å². The van der Waals surface area contributed by atoms with Crippen LogP contribution in [-0.2, 0) is 4.74 Å². The Kier molecular flexibility index (Phi) is 5.89. The number of rotatable bonds is 5. The van der Waals surface area contributed by atoms with Gasteiger partial charge in [-0.15, -0.1) is 0 Å². The zero-order valence-electron chi connectivity index (χ0n) is 12.8. The third-order valence-electron chi connectivity index (χ3n) is 3.48. The number of carbonyl (C=O) groups is 1. The predicted molar refractivity (Wildman–Crippen MR) is 76.0 cm³/mol. The third kappa shape index (κ3) is 5.76. The van der Waals surface area contributed by atoms with Crippen molar-refractivity contribution in [3.05, 3.63) is 23.7 Å². The van der Waals surface area contributed by atoms with Crippen molar-refractivity contribution in [1.29, 1.82) is 0 Å². The molecule has 1 aromatic rings. The lowest BCUT2D eigenvalue weighted by Crippen LogP contribution is -2.47. The maximum Gasteiger partial charge on any atom is 0.405 e. The van der Waals surface area contributed by atoms with E-state index in [1.165, 1.54) is 0 Å². The molecule has 2 heterocycles. The summed E-state index contributed by atoms with van der Waals surface area (Å²) in [6, 6.07) is 2.52. The standard InChI is InChI=1S/C14H20F3N3O3/c1-10-2-3-12(23-10)11(20-4-6-22-7-5-20)8-18-13(21)19-9-14(15,16)17/h2-3,11H,4-9H2,1H3,(H2,18,19,21). The molecule has 1 saturated heterocycles. The average Bonchev–Trinajstić information content (AvgIpc) is 2.92. The molecule has 0 saturated carbocycles. The molecule has 9 heteroatoms. The summed E-state index contributed by atoms with van der Waals surface area (Å²) in [4.78, 5) is 13.6. The summed E-state index contributed by atoms with van der Waals surface area (Å²) in [6.45, 7) is 3.06. The Bertz CT molecular complexity index is 513. The molecular weight excluding hydrogens is 315 g/mol. The van der Waals surface area contributed by atoms with Crippen molar-refractivity contribution >= 4 is 6.03 Å². The number of nitrogens with one attached hydrogen (secondary N) is 2. The number of alkyl halides is 3. The molecule has 1 aromatic heterocycles. The second-order valence-electron chi connectivity index (χ2n) is 5.29. The number of amides is 2. The van der Waals surface area contributed by atoms with Gasteiger partial charge in [-0.3, -0.25) is 4.90 Å². The summed E-state index contributed by atoms with van der Waals surface area (Å²) in [5.74, 6) is 1.40. The van der Waals surface area contributed by atoms with E-state index < -0.39 is 18.8 Å². The summed E-state index contributed by atoms with van der Waals surface area (Å²) < 4.78 is 47.2. The van der Waals surface area contributed by atoms with Crippen LogP contribution in [0.2, 0.25) is 0 Å². The molecule has 1 aliphatic rings. The Morgan fingerprint density at radius 3 is 2.57 bits per heavy atom. The minimum atomic E-state index is -4.43. The molecule has 2 N–H and O–H groups in total. The number of aryl methyl sites for hydroxylation is 1. The van der Waals surface area contributed by atoms with Crippen LogP contribution < -0.4 is 10.6 Å². The lowest BCUT2D eigenvalue weighted by Gasteiger charge is -2.33. The molecule has 2 amide bonds. The van der Waals surface area contributed by atoms with E-state index in [9.17, 15) is 18.0 Å². The van der Waals surface area contributed by atoms with Crippen molar-refractivity contribution in [3.8, 4) is 0 Å². The van der Waals surface area contributed by atoms with Crippen molar-refractivity contribution in [3.63, 3.8) is 0 Å². The van der Waals surface area contributed by atoms with Gasteiger partial charge in [-0.2, -0.15) is 13.2 Å². The second kappa shape index (κ2) is 7.69. The lowest BCUT2D eigenvalue weighted by atomic mass is 10.1. The summed E-state index contributed by atoms with van der Waals surface area (Å²) in [6.07, 6.45) is -4.43. The lowest BCUT2D eigenvalue weighted by molar-refractivity contribution is -0.122. The monoisotopic (exact) mass is 335 g/mol. The second-order valence-corrected chi connectivity index (χ2v) is 5.29. The maximum absolute atomic E-state index is 12.1. The molecule has 0 aromatic carbocycles. The van der Waals surface area contributed by atoms with Crippen LogP contribution in [0.5, 0.6) is 0 Å². The molecule has 23 heavy (non-hydrogen) atoms. The van der Waals surface area contributed by atoms with Gasteiger partial charge < -0.3 is 19.8 Å². The van der Waals surface area contributed by atoms with Gasteiger partial charge in [0.2, 0.25) is 0 Å². The number of nitrogens with zero attached hydrogens (tertiary/aromatic N) is 1. The number of urea groups is 1. The van der Waals surface area contributed by atoms with Crippen molar-refractivity contribution in [2.75, 3.05) is 39.4 Å². The Balaban J connectivity index is 1.93. The van der Waals surface area contributed by atoms with Crippen LogP contribution in [0, 0.1) is 6.92 Å². The largest absolute Gasteiger partial charge is 0.465 e. The third-order valence-corrected chi connectivity index (χ3v) is 3.48. The molecule has 0 spiro atoms. The topological polar surface area (TPSA) is 66.7 Å². The maximum atomic E-state index is 12.1. The molecule has 0 aliphatic carbocycles. The first-order valence-corrected chi connectivity index (χ1v) is 7.32. The van der Waals surface area contributed by atoms with Crippen molar-refractivity contribution in [2.45, 2.75) is 19.1 Å². The molecule has 6 nitrogen and oxygen atoms in total. The smallest absolute Gasteiger partial charge is 0.405 e. The van der Waals surface area contributed by atoms with Crippen LogP contribution in [0.25, 0.3) is 0 Å². The summed E-state index contributed by atoms with van der Waals surface area (Å²) in [5, 5.41) is 4.26. The minimum absolute atomic E-state index is 0.149. The Labute approximate surface area is 132 Å². The van der Waals surface area contributed by atoms with Crippen LogP contribution >= 0.6 is 0 Å². The van der Waals surface area contributed by atoms with Crippen LogP contribution in [-0.4, -0.2) is 56.5 Å². The van der Waals surface area contributed by atoms with Crippen LogP contribution in [0.4, 0.5) is 18.0 Å². The average molecular weight is 335 g/mol. The molecule has 1 aliphatic heterocycles. The number of hydrogen-bond donors (Lipinski definition) is 2. The van der Waals surface area contributed by atoms with E-state index in [1.54, 1.807) is 5.32 Å². The quantitative estimate of drug-likeness (QED) is 0.861. The first-order chi connectivity index (χ1) is 10.8. The van der Waals surface area contributed by atoms with Gasteiger partial charge in [-0.25, -0.2) is 4.79 Å². The van der Waals surface area contributed by atoms with Crippen molar-refractivity contribution in [1.82, 2.24) is 15.5 Å². The highest BCUT2D eigenvalue weighted by molar-refractivity contribution is 5.73. The molecule has 0 bridgehead atoms. The SMILES string of the molecule is Cc1ccc(C(CNC(=O)NCC(F)(F)F)N2CCOCC2)o1. The highest BCUT2D eigenvalue weighted by Crippen LogP contribution is 2.23. The number of morpholine rings is 1. The zero-order valence-corrected chi connectivity index (χ0v) is 12.8. The predicted octanol–water partition coefficient (Wildman–Crippen LogP) is 1.82. The van der Waals surface area contributed by atoms with Crippen molar-refractivity contribution < 1.29 is 27.1 Å². The molecule has 1 fully saturated rings. The number of hydrogen-bond acceptors (Lipinski definition) is 4. The molecule has 1 atom stereocenters. The Hall–Kier alpha value is -1.74. The van der Waals surface area contributed by atoms with E-state index in [-0.39, 0.29) is 12.6 Å². The van der Waals surface area contributed by atoms with E-state index in [2.05, 4.69) is 10.2 Å². The fourth-order valence-corrected chi connectivity index (χ4v) is 2.36. The van der Waals surface area contributed by atoms with Gasteiger partial charge in [-0.05, 0) is 19.1 Å². The van der Waals surface area contributed by atoms with E-state index in [0.717, 1.165) is 5.76 Å². The first kappa shape index (κ1) is 17.6. The van der Waals surface area contributed by atoms with Gasteiger partial charge in [-0.1, -0.05) is 0 Å². The van der Waals surface area contributed by atoms with Gasteiger partial charge in [0.05, 0.1) is 19.3 Å². The Morgan fingerprint density at radius 2 is 2.00 bits per heavy atom. The molecule has 2 rings (SSSR count). The van der Waals surface area contributed by atoms with Crippen LogP contribution in [0.1, 0.15) is 17.6 Å². The van der Waals surface area contributed by atoms with E-state index >= 15 is 0 Å². The number of carbonyl (C=O) groups excluding carboxylic acids is 1. The van der Waals surface area contributed by atoms with Crippen molar-refractivity contribution in [2.24, 2.45) is 0 Å². The summed E-state index contributed by atoms with van der Waals surface area (Å²) >= 11 is 0. The summed E-state index contributed by atoms with van der Waals surface area (Å²) in [5.41, 5.74) is 0. The van der Waals surface area contributed by atoms with Gasteiger partial charge in [0.25, 0.3) is 0 Å². The van der Waals surface area contributed by atoms with Gasteiger partial charge in [0, 0.05) is 19.6 Å².